The van der Waals surface area contributed by atoms with Crippen molar-refractivity contribution < 1.29 is 14.6 Å². The van der Waals surface area contributed by atoms with Crippen LogP contribution in [0, 0.1) is 0 Å². The van der Waals surface area contributed by atoms with Gasteiger partial charge in [0.25, 0.3) is 0 Å². The van der Waals surface area contributed by atoms with Gasteiger partial charge in [-0.25, -0.2) is 4.79 Å². The Morgan fingerprint density at radius 3 is 2.29 bits per heavy atom. The minimum absolute atomic E-state index is 0.630. The van der Waals surface area contributed by atoms with Gasteiger partial charge in [-0.3, -0.25) is 0 Å². The highest BCUT2D eigenvalue weighted by Gasteiger charge is 2.28. The summed E-state index contributed by atoms with van der Waals surface area (Å²) in [6, 6.07) is 8.20. The normalized spacial score (nSPS) is 15.1. The quantitative estimate of drug-likeness (QED) is 0.779. The van der Waals surface area contributed by atoms with Gasteiger partial charge < -0.3 is 15.6 Å². The third-order valence-corrected chi connectivity index (χ3v) is 2.17. The van der Waals surface area contributed by atoms with Crippen LogP contribution in [0.5, 0.6) is 0 Å². The Kier molecular flexibility index (Phi) is 4.26. The molecular formula is C13H19NO3. The summed E-state index contributed by atoms with van der Waals surface area (Å²) in [6.45, 7) is 5.23. The van der Waals surface area contributed by atoms with E-state index in [-0.39, 0.29) is 0 Å². The number of aliphatic hydroxyl groups is 1. The lowest BCUT2D eigenvalue weighted by molar-refractivity contribution is -0.166. The van der Waals surface area contributed by atoms with Gasteiger partial charge in [-0.1, -0.05) is 30.3 Å². The van der Waals surface area contributed by atoms with Gasteiger partial charge in [0.1, 0.15) is 5.60 Å². The molecule has 17 heavy (non-hydrogen) atoms. The van der Waals surface area contributed by atoms with Crippen molar-refractivity contribution in [2.75, 3.05) is 0 Å². The van der Waals surface area contributed by atoms with Crippen LogP contribution in [-0.2, 0) is 9.53 Å². The highest BCUT2D eigenvalue weighted by atomic mass is 16.6. The molecule has 0 aromatic heterocycles. The fourth-order valence-electron chi connectivity index (χ4n) is 1.37. The second-order valence-electron chi connectivity index (χ2n) is 4.91. The smallest absolute Gasteiger partial charge is 0.337 e. The monoisotopic (exact) mass is 237 g/mol. The number of nitrogens with two attached hydrogens (primary N) is 1. The molecule has 0 spiro atoms. The van der Waals surface area contributed by atoms with Crippen molar-refractivity contribution in [2.24, 2.45) is 5.73 Å². The van der Waals surface area contributed by atoms with Crippen LogP contribution in [0.25, 0.3) is 0 Å². The maximum absolute atomic E-state index is 11.6. The van der Waals surface area contributed by atoms with E-state index < -0.39 is 23.7 Å². The molecule has 0 saturated heterocycles. The average molecular weight is 237 g/mol. The maximum Gasteiger partial charge on any atom is 0.337 e. The van der Waals surface area contributed by atoms with Crippen molar-refractivity contribution in [1.29, 1.82) is 0 Å². The SMILES string of the molecule is CC(C)(C)OC(=O)[C@@H](O)[C@@H](N)c1ccccc1. The summed E-state index contributed by atoms with van der Waals surface area (Å²) in [5.41, 5.74) is 5.88. The summed E-state index contributed by atoms with van der Waals surface area (Å²) in [6.07, 6.45) is -1.35. The molecule has 0 bridgehead atoms. The van der Waals surface area contributed by atoms with E-state index in [0.29, 0.717) is 5.56 Å². The summed E-state index contributed by atoms with van der Waals surface area (Å²) < 4.78 is 5.07. The number of carbonyl (C=O) groups is 1. The van der Waals surface area contributed by atoms with Gasteiger partial charge in [-0.05, 0) is 26.3 Å². The van der Waals surface area contributed by atoms with Gasteiger partial charge in [-0.15, -0.1) is 0 Å². The van der Waals surface area contributed by atoms with Gasteiger partial charge in [0.2, 0.25) is 0 Å². The van der Waals surface area contributed by atoms with E-state index in [4.69, 9.17) is 10.5 Å². The van der Waals surface area contributed by atoms with Crippen molar-refractivity contribution in [3.63, 3.8) is 0 Å². The zero-order valence-corrected chi connectivity index (χ0v) is 10.4. The van der Waals surface area contributed by atoms with Crippen LogP contribution < -0.4 is 5.73 Å². The van der Waals surface area contributed by atoms with Crippen molar-refractivity contribution >= 4 is 5.97 Å². The lowest BCUT2D eigenvalue weighted by atomic mass is 10.0. The summed E-state index contributed by atoms with van der Waals surface area (Å²) in [4.78, 5) is 11.6. The Bertz CT molecular complexity index is 370. The molecule has 4 heteroatoms. The van der Waals surface area contributed by atoms with E-state index in [1.807, 2.05) is 6.07 Å². The number of carbonyl (C=O) groups excluding carboxylic acids is 1. The fourth-order valence-corrected chi connectivity index (χ4v) is 1.37. The number of esters is 1. The first-order valence-corrected chi connectivity index (χ1v) is 5.53. The summed E-state index contributed by atoms with van der Waals surface area (Å²) in [7, 11) is 0. The molecule has 94 valence electrons. The highest BCUT2D eigenvalue weighted by Crippen LogP contribution is 2.17. The van der Waals surface area contributed by atoms with Crippen molar-refractivity contribution in [2.45, 2.75) is 38.5 Å². The molecule has 1 rings (SSSR count). The first kappa shape index (κ1) is 13.7. The lowest BCUT2D eigenvalue weighted by Crippen LogP contribution is -2.38. The van der Waals surface area contributed by atoms with Gasteiger partial charge in [-0.2, -0.15) is 0 Å². The van der Waals surface area contributed by atoms with Crippen molar-refractivity contribution in [1.82, 2.24) is 0 Å². The fraction of sp³-hybridized carbons (Fsp3) is 0.462. The minimum atomic E-state index is -1.35. The number of benzene rings is 1. The molecule has 1 aromatic rings. The van der Waals surface area contributed by atoms with Gasteiger partial charge >= 0.3 is 5.97 Å². The Hall–Kier alpha value is -1.39. The molecule has 0 aliphatic carbocycles. The van der Waals surface area contributed by atoms with E-state index in [9.17, 15) is 9.90 Å². The molecule has 2 atom stereocenters. The van der Waals surface area contributed by atoms with Crippen LogP contribution in [0.2, 0.25) is 0 Å². The molecule has 0 amide bonds. The second kappa shape index (κ2) is 5.29. The molecule has 0 unspecified atom stereocenters. The van der Waals surface area contributed by atoms with E-state index in [1.54, 1.807) is 45.0 Å². The summed E-state index contributed by atoms with van der Waals surface area (Å²) >= 11 is 0. The Balaban J connectivity index is 2.70. The topological polar surface area (TPSA) is 72.5 Å². The Labute approximate surface area is 101 Å². The number of ether oxygens (including phenoxy) is 1. The van der Waals surface area contributed by atoms with Gasteiger partial charge in [0.05, 0.1) is 6.04 Å². The molecule has 0 aliphatic rings. The first-order chi connectivity index (χ1) is 7.81. The van der Waals surface area contributed by atoms with Crippen LogP contribution in [0.1, 0.15) is 32.4 Å². The number of rotatable bonds is 3. The summed E-state index contributed by atoms with van der Waals surface area (Å²) in [5, 5.41) is 9.80. The molecule has 0 aliphatic heterocycles. The molecule has 0 radical (unpaired) electrons. The van der Waals surface area contributed by atoms with Crippen molar-refractivity contribution in [3.8, 4) is 0 Å². The second-order valence-corrected chi connectivity index (χ2v) is 4.91. The zero-order chi connectivity index (χ0) is 13.1. The lowest BCUT2D eigenvalue weighted by Gasteiger charge is -2.24. The number of aliphatic hydroxyl groups excluding tert-OH is 1. The van der Waals surface area contributed by atoms with Gasteiger partial charge in [0.15, 0.2) is 6.10 Å². The van der Waals surface area contributed by atoms with E-state index in [2.05, 4.69) is 0 Å². The predicted molar refractivity (Wildman–Crippen MR) is 65.2 cm³/mol. The van der Waals surface area contributed by atoms with Crippen molar-refractivity contribution in [3.05, 3.63) is 35.9 Å². The third kappa shape index (κ3) is 4.17. The highest BCUT2D eigenvalue weighted by molar-refractivity contribution is 5.76. The zero-order valence-electron chi connectivity index (χ0n) is 10.4. The first-order valence-electron chi connectivity index (χ1n) is 5.53. The molecular weight excluding hydrogens is 218 g/mol. The minimum Gasteiger partial charge on any atom is -0.458 e. The molecule has 0 fully saturated rings. The average Bonchev–Trinajstić information content (AvgIpc) is 2.26. The predicted octanol–water partition coefficient (Wildman–Crippen LogP) is 1.39. The molecule has 0 heterocycles. The number of hydrogen-bond acceptors (Lipinski definition) is 4. The van der Waals surface area contributed by atoms with Crippen LogP contribution in [-0.4, -0.2) is 22.8 Å². The summed E-state index contributed by atoms with van der Waals surface area (Å²) in [5.74, 6) is -0.700. The standard InChI is InChI=1S/C13H19NO3/c1-13(2,3)17-12(16)11(15)10(14)9-7-5-4-6-8-9/h4-8,10-11,15H,14H2,1-3H3/t10-,11-/m0/s1. The largest absolute Gasteiger partial charge is 0.458 e. The third-order valence-electron chi connectivity index (χ3n) is 2.17. The van der Waals surface area contributed by atoms with Crippen LogP contribution in [0.15, 0.2) is 30.3 Å². The van der Waals surface area contributed by atoms with E-state index >= 15 is 0 Å². The number of hydrogen-bond donors (Lipinski definition) is 2. The van der Waals surface area contributed by atoms with Gasteiger partial charge in [0, 0.05) is 0 Å². The molecule has 3 N–H and O–H groups in total. The molecule has 4 nitrogen and oxygen atoms in total. The Morgan fingerprint density at radius 2 is 1.82 bits per heavy atom. The van der Waals surface area contributed by atoms with Crippen LogP contribution in [0.3, 0.4) is 0 Å². The Morgan fingerprint density at radius 1 is 1.29 bits per heavy atom. The van der Waals surface area contributed by atoms with E-state index in [0.717, 1.165) is 0 Å². The van der Waals surface area contributed by atoms with Crippen LogP contribution >= 0.6 is 0 Å². The molecule has 0 saturated carbocycles. The maximum atomic E-state index is 11.6. The van der Waals surface area contributed by atoms with Crippen LogP contribution in [0.4, 0.5) is 0 Å². The van der Waals surface area contributed by atoms with E-state index in [1.165, 1.54) is 0 Å². The molecule has 1 aromatic carbocycles.